The van der Waals surface area contributed by atoms with Gasteiger partial charge in [-0.05, 0) is 70.6 Å². The van der Waals surface area contributed by atoms with E-state index in [4.69, 9.17) is 0 Å². The molecule has 2 aliphatic heterocycles. The highest BCUT2D eigenvalue weighted by Gasteiger charge is 2.39. The van der Waals surface area contributed by atoms with Gasteiger partial charge in [-0.3, -0.25) is 38.6 Å². The molecule has 1 N–H and O–H groups in total. The molecule has 0 saturated carbocycles. The monoisotopic (exact) mass is 1150 g/mol. The zero-order chi connectivity index (χ0) is 59.4. The van der Waals surface area contributed by atoms with E-state index in [2.05, 4.69) is 51.2 Å². The number of carbonyl (C=O) groups excluding carboxylic acids is 5. The molecule has 0 aromatic rings. The predicted octanol–water partition coefficient (Wildman–Crippen LogP) is 19.7. The van der Waals surface area contributed by atoms with Gasteiger partial charge in [0.25, 0.3) is 0 Å². The largest absolute Gasteiger partial charge is 0.481 e. The Morgan fingerprint density at radius 2 is 0.695 bits per heavy atom. The molecule has 0 bridgehead atoms. The fraction of sp³-hybridized carbons (Fsp3) is 0.833. The van der Waals surface area contributed by atoms with E-state index < -0.39 is 11.9 Å². The normalized spacial score (nSPS) is 16.2. The van der Waals surface area contributed by atoms with Crippen LogP contribution in [0.2, 0.25) is 0 Å². The molecule has 10 nitrogen and oxygen atoms in total. The molecule has 0 aromatic carbocycles. The number of nitrogens with zero attached hydrogens (tertiary/aromatic N) is 3. The smallest absolute Gasteiger partial charge is 0.304 e. The molecule has 10 heteroatoms. The van der Waals surface area contributed by atoms with Crippen LogP contribution in [0.4, 0.5) is 0 Å². The maximum Gasteiger partial charge on any atom is 0.304 e. The number of hydrogen-bond donors (Lipinski definition) is 1. The fourth-order valence-electron chi connectivity index (χ4n) is 12.2. The Hall–Kier alpha value is -3.56. The molecule has 472 valence electrons. The van der Waals surface area contributed by atoms with Gasteiger partial charge in [0, 0.05) is 39.0 Å². The van der Waals surface area contributed by atoms with Gasteiger partial charge in [0.05, 0.1) is 24.2 Å². The third-order valence-electron chi connectivity index (χ3n) is 17.6. The van der Waals surface area contributed by atoms with E-state index in [1.165, 1.54) is 235 Å². The molecular weight excluding hydrogens is 1020 g/mol. The van der Waals surface area contributed by atoms with Crippen LogP contribution in [0.15, 0.2) is 36.5 Å². The molecule has 2 saturated heterocycles. The Bertz CT molecular complexity index is 1640. The van der Waals surface area contributed by atoms with Crippen LogP contribution in [0.1, 0.15) is 342 Å². The van der Waals surface area contributed by atoms with Gasteiger partial charge in [0.15, 0.2) is 0 Å². The second-order valence-electron chi connectivity index (χ2n) is 25.1. The van der Waals surface area contributed by atoms with Gasteiger partial charge < -0.3 is 10.0 Å². The Balaban J connectivity index is 1.88. The second kappa shape index (κ2) is 53.0. The predicted molar refractivity (Wildman–Crippen MR) is 343 cm³/mol. The first-order valence-electron chi connectivity index (χ1n) is 35.3. The minimum Gasteiger partial charge on any atom is -0.481 e. The Kier molecular flexibility index (Phi) is 48.1. The minimum atomic E-state index is -1.04. The average molecular weight is 1150 g/mol. The van der Waals surface area contributed by atoms with Crippen molar-refractivity contribution >= 4 is 35.5 Å². The molecule has 0 aliphatic carbocycles. The van der Waals surface area contributed by atoms with Gasteiger partial charge in [-0.15, -0.1) is 0 Å². The van der Waals surface area contributed by atoms with Crippen LogP contribution in [0, 0.1) is 17.8 Å². The zero-order valence-electron chi connectivity index (χ0n) is 53.6. The number of imide groups is 2. The standard InChI is InChI=1S/C72H127N3O7/c1-4-7-10-13-16-19-22-25-28-31-34-37-40-43-46-49-54-64-61-67(76)74(71(64)81)59-52-57-73(70(80)66(63-69(78)79)56-51-48-45-42-39-36-33-30-27-24-21-18-15-12-9-6-3)58-53-60-75-68(77)62-65(72(75)82)55-50-47-44-41-38-35-32-29-26-23-20-17-14-11-8-5-2/h46-51,64-66H,4-45,52-63H2,1-3H3,(H,78,79)/b49-46+,50-47+,51-48+. The summed E-state index contributed by atoms with van der Waals surface area (Å²) in [5, 5.41) is 9.96. The summed E-state index contributed by atoms with van der Waals surface area (Å²) in [5.41, 5.74) is 0. The third-order valence-corrected chi connectivity index (χ3v) is 17.6. The summed E-state index contributed by atoms with van der Waals surface area (Å²) in [6, 6.07) is 0. The first kappa shape index (κ1) is 74.5. The highest BCUT2D eigenvalue weighted by atomic mass is 16.4. The molecule has 5 amide bonds. The number of unbranched alkanes of at least 4 members (excludes halogenated alkanes) is 39. The summed E-state index contributed by atoms with van der Waals surface area (Å²) >= 11 is 0. The number of aliphatic carboxylic acids is 1. The van der Waals surface area contributed by atoms with Gasteiger partial charge >= 0.3 is 5.97 Å². The van der Waals surface area contributed by atoms with Crippen LogP contribution in [0.5, 0.6) is 0 Å². The van der Waals surface area contributed by atoms with E-state index in [1.54, 1.807) is 4.90 Å². The van der Waals surface area contributed by atoms with E-state index in [0.29, 0.717) is 32.1 Å². The first-order valence-corrected chi connectivity index (χ1v) is 35.3. The maximum absolute atomic E-state index is 14.4. The van der Waals surface area contributed by atoms with Crippen molar-refractivity contribution in [3.05, 3.63) is 36.5 Å². The van der Waals surface area contributed by atoms with Gasteiger partial charge in [0.2, 0.25) is 29.5 Å². The molecular formula is C72H127N3O7. The van der Waals surface area contributed by atoms with E-state index in [-0.39, 0.29) is 86.8 Å². The maximum atomic E-state index is 14.4. The number of carbonyl (C=O) groups is 6. The third kappa shape index (κ3) is 38.4. The first-order chi connectivity index (χ1) is 40.1. The number of hydrogen-bond acceptors (Lipinski definition) is 6. The molecule has 2 heterocycles. The van der Waals surface area contributed by atoms with Crippen molar-refractivity contribution in [1.29, 1.82) is 0 Å². The molecule has 3 unspecified atom stereocenters. The number of carboxylic acids is 1. The van der Waals surface area contributed by atoms with E-state index in [9.17, 15) is 33.9 Å². The molecule has 2 aliphatic rings. The van der Waals surface area contributed by atoms with Crippen molar-refractivity contribution in [3.8, 4) is 0 Å². The van der Waals surface area contributed by atoms with E-state index >= 15 is 0 Å². The van der Waals surface area contributed by atoms with Gasteiger partial charge in [-0.25, -0.2) is 0 Å². The summed E-state index contributed by atoms with van der Waals surface area (Å²) in [6.07, 6.45) is 68.6. The topological polar surface area (TPSA) is 132 Å². The SMILES string of the molecule is CCCCCCCCCCCCCCC/C=C/CC(CC(=O)O)C(=O)N(CCCN1C(=O)CC(C/C=C/CCCCCCCCCCCCCCC)C1=O)CCCN1C(=O)CC(C/C=C/CCCCCCCCCCCCCCC)C1=O. The van der Waals surface area contributed by atoms with E-state index in [1.807, 2.05) is 6.08 Å². The lowest BCUT2D eigenvalue weighted by Gasteiger charge is -2.28. The summed E-state index contributed by atoms with van der Waals surface area (Å²) in [7, 11) is 0. The zero-order valence-corrected chi connectivity index (χ0v) is 53.6. The van der Waals surface area contributed by atoms with Crippen LogP contribution in [-0.4, -0.2) is 81.5 Å². The van der Waals surface area contributed by atoms with E-state index in [0.717, 1.165) is 44.9 Å². The van der Waals surface area contributed by atoms with Gasteiger partial charge in [0.1, 0.15) is 0 Å². The van der Waals surface area contributed by atoms with Crippen molar-refractivity contribution in [2.24, 2.45) is 17.8 Å². The van der Waals surface area contributed by atoms with Crippen LogP contribution < -0.4 is 0 Å². The van der Waals surface area contributed by atoms with Crippen molar-refractivity contribution in [1.82, 2.24) is 14.7 Å². The summed E-state index contributed by atoms with van der Waals surface area (Å²) in [5.74, 6) is -3.57. The summed E-state index contributed by atoms with van der Waals surface area (Å²) < 4.78 is 0. The van der Waals surface area contributed by atoms with Gasteiger partial charge in [-0.1, -0.05) is 288 Å². The molecule has 3 atom stereocenters. The molecule has 2 rings (SSSR count). The number of carboxylic acid groups (broad SMARTS) is 1. The quantitative estimate of drug-likeness (QED) is 0.0364. The highest BCUT2D eigenvalue weighted by Crippen LogP contribution is 2.27. The average Bonchev–Trinajstić information content (AvgIpc) is 4.17. The minimum absolute atomic E-state index is 0.166. The molecule has 0 spiro atoms. The van der Waals surface area contributed by atoms with Gasteiger partial charge in [-0.2, -0.15) is 0 Å². The number of allylic oxidation sites excluding steroid dienone is 6. The number of amides is 5. The molecule has 82 heavy (non-hydrogen) atoms. The number of likely N-dealkylation sites (tertiary alicyclic amines) is 2. The lowest BCUT2D eigenvalue weighted by atomic mass is 9.98. The Labute approximate surface area is 504 Å². The Morgan fingerprint density at radius 3 is 0.988 bits per heavy atom. The number of rotatable bonds is 59. The van der Waals surface area contributed by atoms with Crippen molar-refractivity contribution in [2.75, 3.05) is 26.2 Å². The molecule has 0 aromatic heterocycles. The lowest BCUT2D eigenvalue weighted by molar-refractivity contribution is -0.145. The van der Waals surface area contributed by atoms with Crippen LogP contribution in [0.25, 0.3) is 0 Å². The van der Waals surface area contributed by atoms with Crippen molar-refractivity contribution in [2.45, 2.75) is 342 Å². The second-order valence-corrected chi connectivity index (χ2v) is 25.1. The summed E-state index contributed by atoms with van der Waals surface area (Å²) in [6.45, 7) is 7.62. The molecule has 2 fully saturated rings. The van der Waals surface area contributed by atoms with Crippen LogP contribution in [-0.2, 0) is 28.8 Å². The van der Waals surface area contributed by atoms with Crippen LogP contribution >= 0.6 is 0 Å². The lowest BCUT2D eigenvalue weighted by Crippen LogP contribution is -2.41. The molecule has 0 radical (unpaired) electrons. The highest BCUT2D eigenvalue weighted by molar-refractivity contribution is 6.04. The van der Waals surface area contributed by atoms with Crippen molar-refractivity contribution in [3.63, 3.8) is 0 Å². The fourth-order valence-corrected chi connectivity index (χ4v) is 12.2. The summed E-state index contributed by atoms with van der Waals surface area (Å²) in [4.78, 5) is 84.3. The van der Waals surface area contributed by atoms with Crippen molar-refractivity contribution < 1.29 is 33.9 Å². The van der Waals surface area contributed by atoms with Crippen LogP contribution in [0.3, 0.4) is 0 Å². The Morgan fingerprint density at radius 1 is 0.415 bits per heavy atom.